The molecule has 4 nitrogen and oxygen atoms in total. The van der Waals surface area contributed by atoms with Gasteiger partial charge in [-0.2, -0.15) is 13.2 Å². The lowest BCUT2D eigenvalue weighted by molar-refractivity contribution is -0.137. The fraction of sp³-hybridized carbons (Fsp3) is 0.263. The lowest BCUT2D eigenvalue weighted by Crippen LogP contribution is -2.51. The van der Waals surface area contributed by atoms with Gasteiger partial charge in [-0.05, 0) is 17.7 Å². The Morgan fingerprint density at radius 3 is 2.35 bits per heavy atom. The van der Waals surface area contributed by atoms with Gasteiger partial charge in [-0.3, -0.25) is 14.5 Å². The van der Waals surface area contributed by atoms with E-state index >= 15 is 0 Å². The summed E-state index contributed by atoms with van der Waals surface area (Å²) in [5.41, 5.74) is 0.185. The fourth-order valence-corrected chi connectivity index (χ4v) is 3.00. The van der Waals surface area contributed by atoms with Gasteiger partial charge in [0.05, 0.1) is 12.1 Å². The van der Waals surface area contributed by atoms with Gasteiger partial charge in [0.1, 0.15) is 6.04 Å². The number of halogens is 3. The highest BCUT2D eigenvalue weighted by atomic mass is 19.4. The van der Waals surface area contributed by atoms with E-state index < -0.39 is 17.8 Å². The highest BCUT2D eigenvalue weighted by molar-refractivity contribution is 5.98. The average Bonchev–Trinajstić information content (AvgIpc) is 2.62. The number of carbonyl (C=O) groups excluding carboxylic acids is 2. The van der Waals surface area contributed by atoms with Gasteiger partial charge < -0.3 is 5.32 Å². The van der Waals surface area contributed by atoms with Crippen LogP contribution in [0.4, 0.5) is 13.2 Å². The molecular formula is C19H17F3N2O2. The summed E-state index contributed by atoms with van der Waals surface area (Å²) in [5, 5.41) is 2.70. The molecule has 26 heavy (non-hydrogen) atoms. The molecule has 2 aromatic rings. The molecule has 0 bridgehead atoms. The van der Waals surface area contributed by atoms with Crippen molar-refractivity contribution in [3.63, 3.8) is 0 Å². The van der Waals surface area contributed by atoms with Gasteiger partial charge in [-0.25, -0.2) is 0 Å². The van der Waals surface area contributed by atoms with Crippen molar-refractivity contribution in [3.05, 3.63) is 71.3 Å². The summed E-state index contributed by atoms with van der Waals surface area (Å²) in [5.74, 6) is -0.464. The molecule has 1 fully saturated rings. The Balaban J connectivity index is 1.82. The first-order chi connectivity index (χ1) is 12.4. The highest BCUT2D eigenvalue weighted by Crippen LogP contribution is 2.31. The van der Waals surface area contributed by atoms with Crippen LogP contribution in [0.15, 0.2) is 54.6 Å². The third-order valence-corrected chi connectivity index (χ3v) is 4.31. The van der Waals surface area contributed by atoms with Crippen LogP contribution in [-0.4, -0.2) is 36.2 Å². The molecule has 0 saturated carbocycles. The summed E-state index contributed by atoms with van der Waals surface area (Å²) >= 11 is 0. The van der Waals surface area contributed by atoms with E-state index in [-0.39, 0.29) is 18.2 Å². The molecule has 2 aromatic carbocycles. The Labute approximate surface area is 148 Å². The third kappa shape index (κ3) is 3.94. The van der Waals surface area contributed by atoms with E-state index in [0.29, 0.717) is 24.2 Å². The predicted molar refractivity (Wildman–Crippen MR) is 89.5 cm³/mol. The summed E-state index contributed by atoms with van der Waals surface area (Å²) in [6.07, 6.45) is -4.43. The van der Waals surface area contributed by atoms with Gasteiger partial charge in [-0.1, -0.05) is 42.5 Å². The Morgan fingerprint density at radius 2 is 1.73 bits per heavy atom. The molecule has 0 aliphatic carbocycles. The number of Topliss-reactive ketones (excluding diaryl/α,β-unsaturated/α-hetero) is 1. The number of ketones is 1. The van der Waals surface area contributed by atoms with E-state index in [0.717, 1.165) is 12.1 Å². The first-order valence-corrected chi connectivity index (χ1v) is 8.13. The van der Waals surface area contributed by atoms with Gasteiger partial charge in [0.2, 0.25) is 5.91 Å². The van der Waals surface area contributed by atoms with E-state index in [1.54, 1.807) is 35.2 Å². The van der Waals surface area contributed by atoms with Crippen LogP contribution in [0.5, 0.6) is 0 Å². The van der Waals surface area contributed by atoms with Crippen molar-refractivity contribution in [2.24, 2.45) is 0 Å². The van der Waals surface area contributed by atoms with Gasteiger partial charge >= 0.3 is 6.18 Å². The number of nitrogens with one attached hydrogen (secondary N) is 1. The van der Waals surface area contributed by atoms with E-state index in [9.17, 15) is 22.8 Å². The molecule has 1 aliphatic rings. The SMILES string of the molecule is O=C(CN1CCNC(=O)C1c1ccc(C(F)(F)F)cc1)c1ccccc1. The summed E-state index contributed by atoms with van der Waals surface area (Å²) in [6, 6.07) is 12.4. The quantitative estimate of drug-likeness (QED) is 0.851. The van der Waals surface area contributed by atoms with Crippen molar-refractivity contribution < 1.29 is 22.8 Å². The number of nitrogens with zero attached hydrogens (tertiary/aromatic N) is 1. The lowest BCUT2D eigenvalue weighted by Gasteiger charge is -2.34. The predicted octanol–water partition coefficient (Wildman–Crippen LogP) is 3.06. The Hall–Kier alpha value is -2.67. The van der Waals surface area contributed by atoms with Gasteiger partial charge in [0, 0.05) is 18.7 Å². The summed E-state index contributed by atoms with van der Waals surface area (Å²) in [7, 11) is 0. The minimum absolute atomic E-state index is 0.0170. The molecule has 0 spiro atoms. The zero-order valence-electron chi connectivity index (χ0n) is 13.8. The molecule has 0 radical (unpaired) electrons. The van der Waals surface area contributed by atoms with Crippen LogP contribution in [0, 0.1) is 0 Å². The maximum Gasteiger partial charge on any atom is 0.416 e. The van der Waals surface area contributed by atoms with Gasteiger partial charge in [0.25, 0.3) is 0 Å². The van der Waals surface area contributed by atoms with Crippen molar-refractivity contribution in [2.75, 3.05) is 19.6 Å². The van der Waals surface area contributed by atoms with E-state index in [2.05, 4.69) is 5.32 Å². The molecule has 1 amide bonds. The molecule has 3 rings (SSSR count). The number of rotatable bonds is 4. The van der Waals surface area contributed by atoms with E-state index in [1.807, 2.05) is 0 Å². The molecule has 1 N–H and O–H groups in total. The van der Waals surface area contributed by atoms with Crippen LogP contribution in [-0.2, 0) is 11.0 Å². The minimum atomic E-state index is -4.43. The minimum Gasteiger partial charge on any atom is -0.353 e. The van der Waals surface area contributed by atoms with Crippen LogP contribution in [0.1, 0.15) is 27.5 Å². The zero-order chi connectivity index (χ0) is 18.7. The standard InChI is InChI=1S/C19H17F3N2O2/c20-19(21,22)15-8-6-14(7-9-15)17-18(26)23-10-11-24(17)12-16(25)13-4-2-1-3-5-13/h1-9,17H,10-12H2,(H,23,26). The van der Waals surface area contributed by atoms with Gasteiger partial charge in [-0.15, -0.1) is 0 Å². The first-order valence-electron chi connectivity index (χ1n) is 8.13. The Kier molecular flexibility index (Phi) is 5.08. The van der Waals surface area contributed by atoms with Crippen LogP contribution in [0.2, 0.25) is 0 Å². The van der Waals surface area contributed by atoms with Crippen molar-refractivity contribution in [3.8, 4) is 0 Å². The van der Waals surface area contributed by atoms with Crippen molar-refractivity contribution in [2.45, 2.75) is 12.2 Å². The molecule has 1 heterocycles. The Bertz CT molecular complexity index is 789. The lowest BCUT2D eigenvalue weighted by atomic mass is 9.99. The number of alkyl halides is 3. The maximum absolute atomic E-state index is 12.7. The summed E-state index contributed by atoms with van der Waals surface area (Å²) in [6.45, 7) is 0.844. The monoisotopic (exact) mass is 362 g/mol. The second kappa shape index (κ2) is 7.29. The fourth-order valence-electron chi connectivity index (χ4n) is 3.00. The number of piperazine rings is 1. The van der Waals surface area contributed by atoms with E-state index in [4.69, 9.17) is 0 Å². The summed E-state index contributed by atoms with van der Waals surface area (Å²) in [4.78, 5) is 26.5. The molecular weight excluding hydrogens is 345 g/mol. The normalized spacial score (nSPS) is 18.4. The van der Waals surface area contributed by atoms with Crippen molar-refractivity contribution >= 4 is 11.7 Å². The number of benzene rings is 2. The summed E-state index contributed by atoms with van der Waals surface area (Å²) < 4.78 is 38.2. The maximum atomic E-state index is 12.7. The number of carbonyl (C=O) groups is 2. The molecule has 1 saturated heterocycles. The highest BCUT2D eigenvalue weighted by Gasteiger charge is 2.34. The van der Waals surface area contributed by atoms with E-state index in [1.165, 1.54) is 12.1 Å². The first kappa shape index (κ1) is 18.1. The Morgan fingerprint density at radius 1 is 1.08 bits per heavy atom. The molecule has 0 aromatic heterocycles. The topological polar surface area (TPSA) is 49.4 Å². The number of hydrogen-bond acceptors (Lipinski definition) is 3. The van der Waals surface area contributed by atoms with Crippen LogP contribution in [0.3, 0.4) is 0 Å². The number of hydrogen-bond donors (Lipinski definition) is 1. The van der Waals surface area contributed by atoms with Crippen molar-refractivity contribution in [1.82, 2.24) is 10.2 Å². The van der Waals surface area contributed by atoms with Crippen LogP contribution < -0.4 is 5.32 Å². The largest absolute Gasteiger partial charge is 0.416 e. The molecule has 1 unspecified atom stereocenters. The second-order valence-electron chi connectivity index (χ2n) is 6.07. The zero-order valence-corrected chi connectivity index (χ0v) is 13.8. The van der Waals surface area contributed by atoms with Crippen molar-refractivity contribution in [1.29, 1.82) is 0 Å². The molecule has 7 heteroatoms. The number of amides is 1. The van der Waals surface area contributed by atoms with Crippen LogP contribution >= 0.6 is 0 Å². The third-order valence-electron chi connectivity index (χ3n) is 4.31. The second-order valence-corrected chi connectivity index (χ2v) is 6.07. The molecule has 1 aliphatic heterocycles. The van der Waals surface area contributed by atoms with Gasteiger partial charge in [0.15, 0.2) is 5.78 Å². The molecule has 1 atom stereocenters. The van der Waals surface area contributed by atoms with Crippen LogP contribution in [0.25, 0.3) is 0 Å². The smallest absolute Gasteiger partial charge is 0.353 e. The molecule has 136 valence electrons. The average molecular weight is 362 g/mol.